The first-order valence-corrected chi connectivity index (χ1v) is 6.01. The summed E-state index contributed by atoms with van der Waals surface area (Å²) in [6.07, 6.45) is 3.75. The molecule has 2 fully saturated rings. The van der Waals surface area contributed by atoms with Crippen molar-refractivity contribution in [1.82, 2.24) is 4.90 Å². The minimum Gasteiger partial charge on any atom is -0.481 e. The minimum absolute atomic E-state index is 0.158. The number of carboxylic acid groups (broad SMARTS) is 1. The van der Waals surface area contributed by atoms with Crippen LogP contribution in [0.5, 0.6) is 0 Å². The van der Waals surface area contributed by atoms with Crippen LogP contribution in [0.4, 0.5) is 0 Å². The van der Waals surface area contributed by atoms with Gasteiger partial charge in [-0.05, 0) is 37.6 Å². The fraction of sp³-hybridized carbons (Fsp3) is 0.917. The summed E-state index contributed by atoms with van der Waals surface area (Å²) in [5, 5.41) is 9.14. The van der Waals surface area contributed by atoms with Crippen molar-refractivity contribution in [2.24, 2.45) is 23.7 Å². The molecule has 3 atom stereocenters. The lowest BCUT2D eigenvalue weighted by molar-refractivity contribution is -0.147. The maximum Gasteiger partial charge on any atom is 0.306 e. The van der Waals surface area contributed by atoms with Crippen LogP contribution in [-0.4, -0.2) is 36.1 Å². The van der Waals surface area contributed by atoms with Crippen LogP contribution >= 0.6 is 0 Å². The Morgan fingerprint density at radius 2 is 1.87 bits per heavy atom. The summed E-state index contributed by atoms with van der Waals surface area (Å²) in [5.41, 5.74) is 0. The van der Waals surface area contributed by atoms with Crippen molar-refractivity contribution in [3.8, 4) is 0 Å². The SMILES string of the molecule is CC(C(=O)O)C1C2CCCC1CN(C)C2. The second kappa shape index (κ2) is 4.12. The lowest BCUT2D eigenvalue weighted by Gasteiger charge is -2.48. The van der Waals surface area contributed by atoms with Crippen LogP contribution in [-0.2, 0) is 4.79 Å². The maximum atomic E-state index is 11.1. The molecule has 2 bridgehead atoms. The molecule has 0 aromatic carbocycles. The van der Waals surface area contributed by atoms with E-state index in [9.17, 15) is 4.79 Å². The van der Waals surface area contributed by atoms with Gasteiger partial charge < -0.3 is 10.0 Å². The van der Waals surface area contributed by atoms with E-state index in [1.807, 2.05) is 6.92 Å². The van der Waals surface area contributed by atoms with E-state index in [1.165, 1.54) is 19.3 Å². The maximum absolute atomic E-state index is 11.1. The second-order valence-electron chi connectivity index (χ2n) is 5.38. The van der Waals surface area contributed by atoms with Crippen LogP contribution in [0.15, 0.2) is 0 Å². The zero-order chi connectivity index (χ0) is 11.0. The molecule has 1 aliphatic carbocycles. The number of piperidine rings is 1. The zero-order valence-electron chi connectivity index (χ0n) is 9.65. The molecule has 1 aliphatic heterocycles. The normalized spacial score (nSPS) is 38.7. The average Bonchev–Trinajstić information content (AvgIpc) is 2.15. The number of likely N-dealkylation sites (tertiary alicyclic amines) is 1. The number of rotatable bonds is 2. The van der Waals surface area contributed by atoms with Gasteiger partial charge in [0.05, 0.1) is 5.92 Å². The summed E-state index contributed by atoms with van der Waals surface area (Å²) in [7, 11) is 2.16. The molecule has 2 aliphatic rings. The summed E-state index contributed by atoms with van der Waals surface area (Å²) in [4.78, 5) is 13.5. The molecule has 0 aromatic heterocycles. The smallest absolute Gasteiger partial charge is 0.306 e. The lowest BCUT2D eigenvalue weighted by atomic mass is 9.64. The standard InChI is InChI=1S/C12H21NO2/c1-8(12(14)15)11-9-4-3-5-10(11)7-13(2)6-9/h8-11H,3-7H2,1-2H3,(H,14,15). The van der Waals surface area contributed by atoms with Crippen LogP contribution in [0.3, 0.4) is 0 Å². The van der Waals surface area contributed by atoms with E-state index in [-0.39, 0.29) is 5.92 Å². The largest absolute Gasteiger partial charge is 0.481 e. The van der Waals surface area contributed by atoms with Crippen LogP contribution in [0.1, 0.15) is 26.2 Å². The van der Waals surface area contributed by atoms with E-state index in [2.05, 4.69) is 11.9 Å². The van der Waals surface area contributed by atoms with Crippen LogP contribution < -0.4 is 0 Å². The van der Waals surface area contributed by atoms with Crippen LogP contribution in [0, 0.1) is 23.7 Å². The molecule has 0 radical (unpaired) electrons. The Morgan fingerprint density at radius 1 is 1.33 bits per heavy atom. The molecule has 3 unspecified atom stereocenters. The molecule has 0 spiro atoms. The lowest BCUT2D eigenvalue weighted by Crippen LogP contribution is -2.50. The Bertz CT molecular complexity index is 240. The number of nitrogens with zero attached hydrogens (tertiary/aromatic N) is 1. The molecule has 1 saturated heterocycles. The van der Waals surface area contributed by atoms with Crippen molar-refractivity contribution < 1.29 is 9.90 Å². The summed E-state index contributed by atoms with van der Waals surface area (Å²) >= 11 is 0. The quantitative estimate of drug-likeness (QED) is 0.755. The highest BCUT2D eigenvalue weighted by Gasteiger charge is 2.42. The van der Waals surface area contributed by atoms with E-state index >= 15 is 0 Å². The molecule has 3 nitrogen and oxygen atoms in total. The number of hydrogen-bond donors (Lipinski definition) is 1. The van der Waals surface area contributed by atoms with Crippen molar-refractivity contribution in [1.29, 1.82) is 0 Å². The van der Waals surface area contributed by atoms with Gasteiger partial charge in [-0.3, -0.25) is 4.79 Å². The molecule has 0 amide bonds. The van der Waals surface area contributed by atoms with Gasteiger partial charge in [-0.25, -0.2) is 0 Å². The van der Waals surface area contributed by atoms with Crippen molar-refractivity contribution >= 4 is 5.97 Å². The van der Waals surface area contributed by atoms with E-state index in [0.717, 1.165) is 13.1 Å². The molecule has 2 rings (SSSR count). The Kier molecular flexibility index (Phi) is 3.01. The molecule has 0 aromatic rings. The van der Waals surface area contributed by atoms with Crippen molar-refractivity contribution in [3.05, 3.63) is 0 Å². The fourth-order valence-corrected chi connectivity index (χ4v) is 3.69. The van der Waals surface area contributed by atoms with Gasteiger partial charge in [0, 0.05) is 13.1 Å². The highest BCUT2D eigenvalue weighted by atomic mass is 16.4. The minimum atomic E-state index is -0.610. The Hall–Kier alpha value is -0.570. The molecule has 1 N–H and O–H groups in total. The van der Waals surface area contributed by atoms with Crippen molar-refractivity contribution in [3.63, 3.8) is 0 Å². The Balaban J connectivity index is 2.13. The van der Waals surface area contributed by atoms with Crippen LogP contribution in [0.2, 0.25) is 0 Å². The third kappa shape index (κ3) is 2.03. The number of fused-ring (bicyclic) bond motifs is 2. The second-order valence-corrected chi connectivity index (χ2v) is 5.38. The summed E-state index contributed by atoms with van der Waals surface area (Å²) < 4.78 is 0. The topological polar surface area (TPSA) is 40.5 Å². The Morgan fingerprint density at radius 3 is 2.33 bits per heavy atom. The molecule has 1 heterocycles. The van der Waals surface area contributed by atoms with E-state index in [1.54, 1.807) is 0 Å². The Labute approximate surface area is 91.5 Å². The molecule has 1 saturated carbocycles. The highest BCUT2D eigenvalue weighted by Crippen LogP contribution is 2.43. The predicted octanol–water partition coefficient (Wildman–Crippen LogP) is 1.69. The first kappa shape index (κ1) is 10.9. The summed E-state index contributed by atoms with van der Waals surface area (Å²) in [6.45, 7) is 4.08. The van der Waals surface area contributed by atoms with Gasteiger partial charge in [0.25, 0.3) is 0 Å². The molecular weight excluding hydrogens is 190 g/mol. The predicted molar refractivity (Wildman–Crippen MR) is 58.6 cm³/mol. The van der Waals surface area contributed by atoms with Crippen molar-refractivity contribution in [2.45, 2.75) is 26.2 Å². The first-order valence-electron chi connectivity index (χ1n) is 6.01. The zero-order valence-corrected chi connectivity index (χ0v) is 9.65. The number of hydrogen-bond acceptors (Lipinski definition) is 2. The van der Waals surface area contributed by atoms with Gasteiger partial charge in [-0.15, -0.1) is 0 Å². The van der Waals surface area contributed by atoms with Gasteiger partial charge in [0.2, 0.25) is 0 Å². The van der Waals surface area contributed by atoms with Gasteiger partial charge in [0.1, 0.15) is 0 Å². The highest BCUT2D eigenvalue weighted by molar-refractivity contribution is 5.70. The van der Waals surface area contributed by atoms with Gasteiger partial charge >= 0.3 is 5.97 Å². The molecular formula is C12H21NO2. The number of carboxylic acids is 1. The molecule has 15 heavy (non-hydrogen) atoms. The third-order valence-corrected chi connectivity index (χ3v) is 4.30. The fourth-order valence-electron chi connectivity index (χ4n) is 3.69. The first-order chi connectivity index (χ1) is 7.09. The number of aliphatic carboxylic acids is 1. The molecule has 3 heteroatoms. The van der Waals surface area contributed by atoms with E-state index < -0.39 is 5.97 Å². The summed E-state index contributed by atoms with van der Waals surface area (Å²) in [5.74, 6) is 0.894. The number of carbonyl (C=O) groups is 1. The van der Waals surface area contributed by atoms with Crippen LogP contribution in [0.25, 0.3) is 0 Å². The summed E-state index contributed by atoms with van der Waals surface area (Å²) in [6, 6.07) is 0. The van der Waals surface area contributed by atoms with Gasteiger partial charge in [-0.1, -0.05) is 13.3 Å². The van der Waals surface area contributed by atoms with E-state index in [0.29, 0.717) is 17.8 Å². The van der Waals surface area contributed by atoms with Gasteiger partial charge in [0.15, 0.2) is 0 Å². The average molecular weight is 211 g/mol. The van der Waals surface area contributed by atoms with Gasteiger partial charge in [-0.2, -0.15) is 0 Å². The third-order valence-electron chi connectivity index (χ3n) is 4.30. The van der Waals surface area contributed by atoms with E-state index in [4.69, 9.17) is 5.11 Å². The molecule has 86 valence electrons. The van der Waals surface area contributed by atoms with Crippen molar-refractivity contribution in [2.75, 3.05) is 20.1 Å². The monoisotopic (exact) mass is 211 g/mol.